The van der Waals surface area contributed by atoms with Gasteiger partial charge in [-0.05, 0) is 44.4 Å². The van der Waals surface area contributed by atoms with Crippen LogP contribution >= 0.6 is 0 Å². The molecule has 1 heterocycles. The lowest BCUT2D eigenvalue weighted by Crippen LogP contribution is -2.16. The van der Waals surface area contributed by atoms with E-state index in [9.17, 15) is 4.79 Å². The number of hydrogen-bond acceptors (Lipinski definition) is 2. The van der Waals surface area contributed by atoms with Gasteiger partial charge in [0.2, 0.25) is 0 Å². The van der Waals surface area contributed by atoms with Crippen molar-refractivity contribution < 1.29 is 0 Å². The minimum Gasteiger partial charge on any atom is -0.310 e. The van der Waals surface area contributed by atoms with Crippen LogP contribution in [-0.4, -0.2) is 9.97 Å². The molecule has 0 radical (unpaired) electrons. The molecule has 94 valence electrons. The Morgan fingerprint density at radius 3 is 2.44 bits per heavy atom. The third kappa shape index (κ3) is 2.50. The molecule has 0 unspecified atom stereocenters. The maximum absolute atomic E-state index is 11.7. The first kappa shape index (κ1) is 12.6. The molecule has 0 saturated heterocycles. The van der Waals surface area contributed by atoms with Gasteiger partial charge in [0.1, 0.15) is 5.82 Å². The zero-order valence-corrected chi connectivity index (χ0v) is 11.3. The summed E-state index contributed by atoms with van der Waals surface area (Å²) in [5.74, 6) is 0.728. The molecule has 1 aromatic heterocycles. The molecular weight excluding hydrogens is 224 g/mol. The molecule has 0 saturated carbocycles. The molecule has 1 N–H and O–H groups in total. The highest BCUT2D eigenvalue weighted by atomic mass is 16.1. The maximum Gasteiger partial charge on any atom is 0.254 e. The summed E-state index contributed by atoms with van der Waals surface area (Å²) in [6.07, 6.45) is 0.664. The lowest BCUT2D eigenvalue weighted by atomic mass is 10.0. The minimum absolute atomic E-state index is 0.0404. The van der Waals surface area contributed by atoms with Crippen LogP contribution in [0.5, 0.6) is 0 Å². The van der Waals surface area contributed by atoms with Crippen molar-refractivity contribution in [1.82, 2.24) is 9.97 Å². The van der Waals surface area contributed by atoms with Crippen molar-refractivity contribution in [2.45, 2.75) is 34.1 Å². The van der Waals surface area contributed by atoms with Gasteiger partial charge < -0.3 is 4.98 Å². The predicted octanol–water partition coefficient (Wildman–Crippen LogP) is 2.59. The molecule has 2 aromatic rings. The highest BCUT2D eigenvalue weighted by Gasteiger charge is 2.05. The molecule has 0 atom stereocenters. The van der Waals surface area contributed by atoms with E-state index in [1.165, 1.54) is 16.7 Å². The molecule has 0 spiro atoms. The second-order valence-electron chi connectivity index (χ2n) is 4.82. The van der Waals surface area contributed by atoms with E-state index >= 15 is 0 Å². The maximum atomic E-state index is 11.7. The van der Waals surface area contributed by atoms with E-state index < -0.39 is 0 Å². The second kappa shape index (κ2) is 4.77. The summed E-state index contributed by atoms with van der Waals surface area (Å²) >= 11 is 0. The van der Waals surface area contributed by atoms with Crippen LogP contribution in [-0.2, 0) is 6.42 Å². The zero-order chi connectivity index (χ0) is 13.3. The van der Waals surface area contributed by atoms with Crippen LogP contribution in [0.1, 0.15) is 33.8 Å². The number of aryl methyl sites for hydroxylation is 3. The molecule has 0 bridgehead atoms. The highest BCUT2D eigenvalue weighted by molar-refractivity contribution is 5.31. The Morgan fingerprint density at radius 2 is 1.83 bits per heavy atom. The number of H-pyrrole nitrogens is 1. The molecule has 0 amide bonds. The van der Waals surface area contributed by atoms with Crippen LogP contribution in [0.15, 0.2) is 23.0 Å². The topological polar surface area (TPSA) is 45.8 Å². The molecule has 0 aliphatic rings. The van der Waals surface area contributed by atoms with Crippen molar-refractivity contribution >= 4 is 0 Å². The molecule has 0 aliphatic heterocycles. The Labute approximate surface area is 107 Å². The fourth-order valence-electron chi connectivity index (χ4n) is 1.89. The number of aromatic amines is 1. The summed E-state index contributed by atoms with van der Waals surface area (Å²) in [4.78, 5) is 18.9. The first-order chi connectivity index (χ1) is 8.47. The quantitative estimate of drug-likeness (QED) is 0.879. The van der Waals surface area contributed by atoms with Gasteiger partial charge in [-0.1, -0.05) is 18.2 Å². The van der Waals surface area contributed by atoms with Gasteiger partial charge in [0.05, 0.1) is 0 Å². The van der Waals surface area contributed by atoms with Gasteiger partial charge in [0.15, 0.2) is 0 Å². The Kier molecular flexibility index (Phi) is 3.32. The molecule has 18 heavy (non-hydrogen) atoms. The molecule has 0 aliphatic carbocycles. The summed E-state index contributed by atoms with van der Waals surface area (Å²) in [5.41, 5.74) is 5.17. The third-order valence-electron chi connectivity index (χ3n) is 3.39. The fraction of sp³-hybridized carbons (Fsp3) is 0.333. The van der Waals surface area contributed by atoms with Crippen LogP contribution in [0.3, 0.4) is 0 Å². The van der Waals surface area contributed by atoms with Crippen LogP contribution in [0.2, 0.25) is 0 Å². The van der Waals surface area contributed by atoms with Crippen LogP contribution in [0.25, 0.3) is 0 Å². The van der Waals surface area contributed by atoms with E-state index in [2.05, 4.69) is 42.0 Å². The molecule has 3 nitrogen and oxygen atoms in total. The van der Waals surface area contributed by atoms with Gasteiger partial charge in [-0.2, -0.15) is 0 Å². The predicted molar refractivity (Wildman–Crippen MR) is 73.1 cm³/mol. The number of nitrogens with one attached hydrogen (secondary N) is 1. The molecule has 0 fully saturated rings. The average molecular weight is 242 g/mol. The van der Waals surface area contributed by atoms with E-state index in [-0.39, 0.29) is 5.56 Å². The van der Waals surface area contributed by atoms with Gasteiger partial charge in [0.25, 0.3) is 5.56 Å². The monoisotopic (exact) mass is 242 g/mol. The summed E-state index contributed by atoms with van der Waals surface area (Å²) < 4.78 is 0. The Morgan fingerprint density at radius 1 is 1.11 bits per heavy atom. The normalized spacial score (nSPS) is 10.7. The van der Waals surface area contributed by atoms with Crippen LogP contribution < -0.4 is 5.56 Å². The van der Waals surface area contributed by atoms with E-state index in [0.717, 1.165) is 11.5 Å². The number of nitrogens with zero attached hydrogens (tertiary/aromatic N) is 1. The van der Waals surface area contributed by atoms with Crippen molar-refractivity contribution in [3.63, 3.8) is 0 Å². The van der Waals surface area contributed by atoms with E-state index in [0.29, 0.717) is 12.0 Å². The molecular formula is C15H18N2O. The smallest absolute Gasteiger partial charge is 0.254 e. The van der Waals surface area contributed by atoms with E-state index in [4.69, 9.17) is 0 Å². The van der Waals surface area contributed by atoms with Crippen LogP contribution in [0.4, 0.5) is 0 Å². The first-order valence-corrected chi connectivity index (χ1v) is 6.10. The van der Waals surface area contributed by atoms with Crippen LogP contribution in [0, 0.1) is 27.7 Å². The fourth-order valence-corrected chi connectivity index (χ4v) is 1.89. The number of hydrogen-bond donors (Lipinski definition) is 1. The third-order valence-corrected chi connectivity index (χ3v) is 3.39. The lowest BCUT2D eigenvalue weighted by Gasteiger charge is -2.06. The number of aromatic nitrogens is 2. The van der Waals surface area contributed by atoms with Gasteiger partial charge >= 0.3 is 0 Å². The first-order valence-electron chi connectivity index (χ1n) is 6.10. The summed E-state index contributed by atoms with van der Waals surface area (Å²) in [6, 6.07) is 6.33. The summed E-state index contributed by atoms with van der Waals surface area (Å²) in [5, 5.41) is 0. The largest absolute Gasteiger partial charge is 0.310 e. The molecule has 2 rings (SSSR count). The lowest BCUT2D eigenvalue weighted by molar-refractivity contribution is 0.901. The Bertz CT molecular complexity index is 641. The standard InChI is InChI=1S/C15H18N2O/c1-9-5-6-13(7-10(9)2)8-14-16-12(4)11(3)15(18)17-14/h5-7H,8H2,1-4H3,(H,16,17,18). The van der Waals surface area contributed by atoms with Gasteiger partial charge in [0, 0.05) is 17.7 Å². The van der Waals surface area contributed by atoms with Crippen molar-refractivity contribution in [3.8, 4) is 0 Å². The number of rotatable bonds is 2. The van der Waals surface area contributed by atoms with Gasteiger partial charge in [-0.15, -0.1) is 0 Å². The van der Waals surface area contributed by atoms with Gasteiger partial charge in [-0.3, -0.25) is 4.79 Å². The molecule has 1 aromatic carbocycles. The molecule has 3 heteroatoms. The van der Waals surface area contributed by atoms with Crippen molar-refractivity contribution in [2.24, 2.45) is 0 Å². The SMILES string of the molecule is Cc1ccc(Cc2nc(C)c(C)c(=O)[nH]2)cc1C. The Balaban J connectivity index is 2.34. The van der Waals surface area contributed by atoms with Gasteiger partial charge in [-0.25, -0.2) is 4.98 Å². The number of benzene rings is 1. The van der Waals surface area contributed by atoms with E-state index in [1.54, 1.807) is 6.92 Å². The minimum atomic E-state index is -0.0404. The summed E-state index contributed by atoms with van der Waals surface area (Å²) in [7, 11) is 0. The zero-order valence-electron chi connectivity index (χ0n) is 11.3. The summed E-state index contributed by atoms with van der Waals surface area (Å²) in [6.45, 7) is 7.85. The Hall–Kier alpha value is -1.90. The second-order valence-corrected chi connectivity index (χ2v) is 4.82. The van der Waals surface area contributed by atoms with Crippen molar-refractivity contribution in [2.75, 3.05) is 0 Å². The van der Waals surface area contributed by atoms with E-state index in [1.807, 2.05) is 6.92 Å². The highest BCUT2D eigenvalue weighted by Crippen LogP contribution is 2.12. The van der Waals surface area contributed by atoms with Crippen molar-refractivity contribution in [1.29, 1.82) is 0 Å². The van der Waals surface area contributed by atoms with Crippen molar-refractivity contribution in [3.05, 3.63) is 62.3 Å². The average Bonchev–Trinajstić information content (AvgIpc) is 2.31.